The van der Waals surface area contributed by atoms with Crippen molar-refractivity contribution in [2.45, 2.75) is 26.3 Å². The van der Waals surface area contributed by atoms with E-state index in [0.29, 0.717) is 23.0 Å². The number of carbonyl (C=O) groups excluding carboxylic acids is 2. The molecule has 130 valence electrons. The van der Waals surface area contributed by atoms with Crippen molar-refractivity contribution in [2.24, 2.45) is 0 Å². The summed E-state index contributed by atoms with van der Waals surface area (Å²) < 4.78 is 11.0. The molecule has 1 amide bonds. The topological polar surface area (TPSA) is 80.0 Å². The lowest BCUT2D eigenvalue weighted by atomic mass is 9.99. The number of Topliss-reactive ketones (excluding diaryl/α,β-unsaturated/α-hetero) is 1. The molecular formula is C19H19NO5. The largest absolute Gasteiger partial charge is 0.503 e. The summed E-state index contributed by atoms with van der Waals surface area (Å²) in [6.07, 6.45) is 0.169. The van der Waals surface area contributed by atoms with Gasteiger partial charge in [0.1, 0.15) is 23.3 Å². The minimum absolute atomic E-state index is 0.0488. The van der Waals surface area contributed by atoms with Crippen molar-refractivity contribution in [3.63, 3.8) is 0 Å². The van der Waals surface area contributed by atoms with Crippen molar-refractivity contribution in [3.8, 4) is 5.75 Å². The maximum Gasteiger partial charge on any atom is 0.294 e. The fourth-order valence-electron chi connectivity index (χ4n) is 3.03. The molecule has 1 unspecified atom stereocenters. The molecule has 1 N–H and O–H groups in total. The molecule has 1 aromatic carbocycles. The van der Waals surface area contributed by atoms with E-state index in [1.807, 2.05) is 0 Å². The molecule has 1 aliphatic heterocycles. The first-order valence-corrected chi connectivity index (χ1v) is 7.98. The average Bonchev–Trinajstić information content (AvgIpc) is 3.16. The Morgan fingerprint density at radius 2 is 2.00 bits per heavy atom. The van der Waals surface area contributed by atoms with E-state index in [0.717, 1.165) is 0 Å². The van der Waals surface area contributed by atoms with Crippen LogP contribution in [-0.2, 0) is 9.59 Å². The minimum Gasteiger partial charge on any atom is -0.503 e. The number of aryl methyl sites for hydroxylation is 1. The van der Waals surface area contributed by atoms with Gasteiger partial charge in [-0.3, -0.25) is 14.5 Å². The van der Waals surface area contributed by atoms with Crippen molar-refractivity contribution in [1.82, 2.24) is 0 Å². The number of para-hydroxylation sites is 2. The molecule has 0 aliphatic carbocycles. The number of furan rings is 1. The SMILES string of the molecule is CCC(=O)C1=C(O)C(=O)N(c2ccccc2OC)C1c1ccc(C)o1. The molecule has 0 bridgehead atoms. The third-order valence-corrected chi connectivity index (χ3v) is 4.21. The van der Waals surface area contributed by atoms with Gasteiger partial charge in [0.2, 0.25) is 0 Å². The average molecular weight is 341 g/mol. The Kier molecular flexibility index (Phi) is 4.35. The van der Waals surface area contributed by atoms with E-state index in [1.165, 1.54) is 12.0 Å². The smallest absolute Gasteiger partial charge is 0.294 e. The van der Waals surface area contributed by atoms with E-state index in [4.69, 9.17) is 9.15 Å². The third kappa shape index (κ3) is 2.69. The lowest BCUT2D eigenvalue weighted by molar-refractivity contribution is -0.118. The van der Waals surface area contributed by atoms with Crippen LogP contribution >= 0.6 is 0 Å². The van der Waals surface area contributed by atoms with Crippen LogP contribution < -0.4 is 9.64 Å². The van der Waals surface area contributed by atoms with Crippen LogP contribution in [0, 0.1) is 6.92 Å². The molecule has 1 aromatic heterocycles. The van der Waals surface area contributed by atoms with Gasteiger partial charge in [-0.25, -0.2) is 0 Å². The van der Waals surface area contributed by atoms with Gasteiger partial charge in [-0.1, -0.05) is 19.1 Å². The maximum atomic E-state index is 12.8. The zero-order valence-electron chi connectivity index (χ0n) is 14.3. The molecule has 0 spiro atoms. The van der Waals surface area contributed by atoms with Crippen LogP contribution in [0.1, 0.15) is 30.9 Å². The molecular weight excluding hydrogens is 322 g/mol. The second-order valence-electron chi connectivity index (χ2n) is 5.74. The van der Waals surface area contributed by atoms with Crippen LogP contribution in [0.4, 0.5) is 5.69 Å². The lowest BCUT2D eigenvalue weighted by Crippen LogP contribution is -2.31. The fourth-order valence-corrected chi connectivity index (χ4v) is 3.03. The predicted octanol–water partition coefficient (Wildman–Crippen LogP) is 3.48. The Balaban J connectivity index is 2.20. The van der Waals surface area contributed by atoms with Crippen molar-refractivity contribution in [2.75, 3.05) is 12.0 Å². The number of hydrogen-bond donors (Lipinski definition) is 1. The van der Waals surface area contributed by atoms with Gasteiger partial charge in [-0.2, -0.15) is 0 Å². The van der Waals surface area contributed by atoms with E-state index >= 15 is 0 Å². The van der Waals surface area contributed by atoms with Crippen molar-refractivity contribution in [3.05, 3.63) is 59.3 Å². The first kappa shape index (κ1) is 16.8. The zero-order chi connectivity index (χ0) is 18.1. The number of aliphatic hydroxyl groups excluding tert-OH is 1. The normalized spacial score (nSPS) is 17.3. The summed E-state index contributed by atoms with van der Waals surface area (Å²) in [7, 11) is 1.50. The van der Waals surface area contributed by atoms with Crippen molar-refractivity contribution in [1.29, 1.82) is 0 Å². The highest BCUT2D eigenvalue weighted by Crippen LogP contribution is 2.44. The highest BCUT2D eigenvalue weighted by Gasteiger charge is 2.46. The van der Waals surface area contributed by atoms with Gasteiger partial charge in [0.15, 0.2) is 11.5 Å². The first-order valence-electron chi connectivity index (χ1n) is 7.98. The number of benzene rings is 1. The molecule has 0 saturated carbocycles. The van der Waals surface area contributed by atoms with Crippen molar-refractivity contribution < 1.29 is 23.8 Å². The monoisotopic (exact) mass is 341 g/mol. The predicted molar refractivity (Wildman–Crippen MR) is 91.6 cm³/mol. The van der Waals surface area contributed by atoms with E-state index in [2.05, 4.69) is 0 Å². The van der Waals surface area contributed by atoms with E-state index < -0.39 is 17.7 Å². The second kappa shape index (κ2) is 6.47. The standard InChI is InChI=1S/C19H19NO5/c1-4-13(21)16-17(15-10-9-11(2)25-15)20(19(23)18(16)22)12-7-5-6-8-14(12)24-3/h5-10,17,22H,4H2,1-3H3. The number of hydrogen-bond acceptors (Lipinski definition) is 5. The number of ether oxygens (including phenoxy) is 1. The van der Waals surface area contributed by atoms with Crippen LogP contribution in [0.25, 0.3) is 0 Å². The van der Waals surface area contributed by atoms with Gasteiger partial charge < -0.3 is 14.3 Å². The number of rotatable bonds is 5. The molecule has 0 radical (unpaired) electrons. The summed E-state index contributed by atoms with van der Waals surface area (Å²) in [4.78, 5) is 26.5. The molecule has 2 heterocycles. The summed E-state index contributed by atoms with van der Waals surface area (Å²) in [5.74, 6) is 0.0244. The highest BCUT2D eigenvalue weighted by molar-refractivity contribution is 6.16. The number of methoxy groups -OCH3 is 1. The maximum absolute atomic E-state index is 12.8. The summed E-state index contributed by atoms with van der Waals surface area (Å²) in [5, 5.41) is 10.4. The molecule has 2 aromatic rings. The Labute approximate surface area is 145 Å². The van der Waals surface area contributed by atoms with Gasteiger partial charge in [0, 0.05) is 6.42 Å². The van der Waals surface area contributed by atoms with Crippen LogP contribution in [0.2, 0.25) is 0 Å². The Bertz CT molecular complexity index is 864. The molecule has 6 heteroatoms. The summed E-state index contributed by atoms with van der Waals surface area (Å²) in [6.45, 7) is 3.46. The zero-order valence-corrected chi connectivity index (χ0v) is 14.3. The number of nitrogens with zero attached hydrogens (tertiary/aromatic N) is 1. The van der Waals surface area contributed by atoms with E-state index in [9.17, 15) is 14.7 Å². The van der Waals surface area contributed by atoms with Gasteiger partial charge in [-0.05, 0) is 31.2 Å². The fraction of sp³-hybridized carbons (Fsp3) is 0.263. The molecule has 0 saturated heterocycles. The van der Waals surface area contributed by atoms with Gasteiger partial charge in [-0.15, -0.1) is 0 Å². The van der Waals surface area contributed by atoms with Gasteiger partial charge in [0.25, 0.3) is 5.91 Å². The highest BCUT2D eigenvalue weighted by atomic mass is 16.5. The second-order valence-corrected chi connectivity index (χ2v) is 5.74. The van der Waals surface area contributed by atoms with Crippen LogP contribution in [0.15, 0.2) is 52.1 Å². The first-order chi connectivity index (χ1) is 12.0. The third-order valence-electron chi connectivity index (χ3n) is 4.21. The molecule has 3 rings (SSSR count). The number of aliphatic hydroxyl groups is 1. The summed E-state index contributed by atoms with van der Waals surface area (Å²) >= 11 is 0. The van der Waals surface area contributed by atoms with Crippen LogP contribution in [0.5, 0.6) is 5.75 Å². The number of carbonyl (C=O) groups is 2. The molecule has 25 heavy (non-hydrogen) atoms. The molecule has 1 atom stereocenters. The Morgan fingerprint density at radius 1 is 1.28 bits per heavy atom. The number of amides is 1. The Morgan fingerprint density at radius 3 is 2.60 bits per heavy atom. The Hall–Kier alpha value is -3.02. The van der Waals surface area contributed by atoms with Crippen LogP contribution in [-0.4, -0.2) is 23.9 Å². The molecule has 1 aliphatic rings. The lowest BCUT2D eigenvalue weighted by Gasteiger charge is -2.26. The van der Waals surface area contributed by atoms with Crippen LogP contribution in [0.3, 0.4) is 0 Å². The van der Waals surface area contributed by atoms with Gasteiger partial charge >= 0.3 is 0 Å². The van der Waals surface area contributed by atoms with E-state index in [-0.39, 0.29) is 17.8 Å². The van der Waals surface area contributed by atoms with E-state index in [1.54, 1.807) is 50.2 Å². The quantitative estimate of drug-likeness (QED) is 0.900. The minimum atomic E-state index is -0.829. The summed E-state index contributed by atoms with van der Waals surface area (Å²) in [6, 6.07) is 9.58. The molecule has 6 nitrogen and oxygen atoms in total. The van der Waals surface area contributed by atoms with Gasteiger partial charge in [0.05, 0.1) is 18.4 Å². The summed E-state index contributed by atoms with van der Waals surface area (Å²) in [5.41, 5.74) is 0.507. The number of ketones is 1. The number of anilines is 1. The van der Waals surface area contributed by atoms with Crippen molar-refractivity contribution >= 4 is 17.4 Å². The molecule has 0 fully saturated rings.